The molecular formula is C19H17ClN4O. The summed E-state index contributed by atoms with van der Waals surface area (Å²) in [5.41, 5.74) is 3.85. The average Bonchev–Trinajstić information content (AvgIpc) is 2.56. The average molecular weight is 353 g/mol. The molecule has 0 saturated heterocycles. The Morgan fingerprint density at radius 3 is 2.20 bits per heavy atom. The molecule has 0 aliphatic rings. The first-order valence-electron chi connectivity index (χ1n) is 7.76. The Morgan fingerprint density at radius 2 is 1.56 bits per heavy atom. The molecule has 0 bridgehead atoms. The van der Waals surface area contributed by atoms with Crippen LogP contribution in [0.15, 0.2) is 54.6 Å². The van der Waals surface area contributed by atoms with Crippen molar-refractivity contribution in [1.29, 1.82) is 0 Å². The Bertz CT molecular complexity index is 889. The summed E-state index contributed by atoms with van der Waals surface area (Å²) < 4.78 is 0. The van der Waals surface area contributed by atoms with Gasteiger partial charge in [0.05, 0.1) is 0 Å². The molecule has 1 heterocycles. The highest BCUT2D eigenvalue weighted by Gasteiger charge is 2.07. The second-order valence-electron chi connectivity index (χ2n) is 5.64. The van der Waals surface area contributed by atoms with Gasteiger partial charge in [-0.15, -0.1) is 0 Å². The summed E-state index contributed by atoms with van der Waals surface area (Å²) in [6, 6.07) is 16.1. The minimum atomic E-state index is -0.208. The number of carbonyl (C=O) groups excluding carboxylic acids is 1. The number of aryl methyl sites for hydroxylation is 2. The van der Waals surface area contributed by atoms with Crippen molar-refractivity contribution >= 4 is 34.8 Å². The predicted octanol–water partition coefficient (Wildman–Crippen LogP) is 4.74. The molecule has 25 heavy (non-hydrogen) atoms. The molecule has 0 spiro atoms. The van der Waals surface area contributed by atoms with Gasteiger partial charge in [0.2, 0.25) is 5.95 Å². The van der Waals surface area contributed by atoms with Crippen LogP contribution in [-0.4, -0.2) is 15.9 Å². The molecule has 0 atom stereocenters. The Hall–Kier alpha value is -2.92. The van der Waals surface area contributed by atoms with Crippen LogP contribution >= 0.6 is 11.6 Å². The zero-order chi connectivity index (χ0) is 17.8. The van der Waals surface area contributed by atoms with Crippen molar-refractivity contribution in [3.63, 3.8) is 0 Å². The fraction of sp³-hybridized carbons (Fsp3) is 0.105. The van der Waals surface area contributed by atoms with E-state index in [-0.39, 0.29) is 5.91 Å². The Morgan fingerprint density at radius 1 is 0.920 bits per heavy atom. The van der Waals surface area contributed by atoms with Gasteiger partial charge in [0.15, 0.2) is 0 Å². The molecular weight excluding hydrogens is 336 g/mol. The number of nitrogens with one attached hydrogen (secondary N) is 2. The lowest BCUT2D eigenvalue weighted by atomic mass is 10.2. The Balaban J connectivity index is 1.68. The molecule has 2 N–H and O–H groups in total. The third kappa shape index (κ3) is 4.55. The van der Waals surface area contributed by atoms with Crippen molar-refractivity contribution in [2.75, 3.05) is 10.6 Å². The second kappa shape index (κ2) is 7.32. The summed E-state index contributed by atoms with van der Waals surface area (Å²) in [5.74, 6) is 0.342. The highest BCUT2D eigenvalue weighted by Crippen LogP contribution is 2.18. The van der Waals surface area contributed by atoms with E-state index in [1.807, 2.05) is 44.2 Å². The van der Waals surface area contributed by atoms with E-state index < -0.39 is 0 Å². The normalized spacial score (nSPS) is 10.4. The van der Waals surface area contributed by atoms with E-state index in [1.54, 1.807) is 24.3 Å². The summed E-state index contributed by atoms with van der Waals surface area (Å²) >= 11 is 5.91. The topological polar surface area (TPSA) is 66.9 Å². The van der Waals surface area contributed by atoms with E-state index in [9.17, 15) is 4.79 Å². The summed E-state index contributed by atoms with van der Waals surface area (Å²) in [5, 5.41) is 6.52. The largest absolute Gasteiger partial charge is 0.324 e. The van der Waals surface area contributed by atoms with Crippen molar-refractivity contribution in [3.8, 4) is 0 Å². The molecule has 2 aromatic carbocycles. The third-order valence-corrected chi connectivity index (χ3v) is 3.70. The maximum absolute atomic E-state index is 12.2. The minimum absolute atomic E-state index is 0.208. The van der Waals surface area contributed by atoms with Gasteiger partial charge in [0.25, 0.3) is 5.91 Å². The second-order valence-corrected chi connectivity index (χ2v) is 6.08. The van der Waals surface area contributed by atoms with E-state index in [0.29, 0.717) is 22.2 Å². The third-order valence-electron chi connectivity index (χ3n) is 3.47. The maximum Gasteiger partial charge on any atom is 0.255 e. The number of nitrogens with zero attached hydrogens (tertiary/aromatic N) is 2. The molecule has 0 unspecified atom stereocenters. The van der Waals surface area contributed by atoms with Crippen molar-refractivity contribution in [1.82, 2.24) is 9.97 Å². The first kappa shape index (κ1) is 16.9. The predicted molar refractivity (Wildman–Crippen MR) is 101 cm³/mol. The molecule has 1 amide bonds. The molecule has 5 nitrogen and oxygen atoms in total. The van der Waals surface area contributed by atoms with E-state index in [2.05, 4.69) is 20.6 Å². The smallest absolute Gasteiger partial charge is 0.255 e. The number of aromatic nitrogens is 2. The lowest BCUT2D eigenvalue weighted by Gasteiger charge is -2.09. The summed E-state index contributed by atoms with van der Waals surface area (Å²) in [6.07, 6.45) is 0. The molecule has 0 saturated carbocycles. The number of amides is 1. The van der Waals surface area contributed by atoms with E-state index in [0.717, 1.165) is 17.1 Å². The first-order chi connectivity index (χ1) is 12.0. The number of hydrogen-bond donors (Lipinski definition) is 2. The lowest BCUT2D eigenvalue weighted by Crippen LogP contribution is -2.11. The molecule has 3 rings (SSSR count). The number of benzene rings is 2. The molecule has 3 aromatic rings. The maximum atomic E-state index is 12.2. The monoisotopic (exact) mass is 352 g/mol. The van der Waals surface area contributed by atoms with Crippen LogP contribution in [0.4, 0.5) is 17.3 Å². The van der Waals surface area contributed by atoms with Crippen LogP contribution < -0.4 is 10.6 Å². The van der Waals surface area contributed by atoms with Crippen molar-refractivity contribution in [2.45, 2.75) is 13.8 Å². The van der Waals surface area contributed by atoms with Crippen molar-refractivity contribution < 1.29 is 4.79 Å². The zero-order valence-corrected chi connectivity index (χ0v) is 14.6. The van der Waals surface area contributed by atoms with Crippen LogP contribution in [0.25, 0.3) is 0 Å². The van der Waals surface area contributed by atoms with Crippen LogP contribution in [0, 0.1) is 13.8 Å². The van der Waals surface area contributed by atoms with Crippen molar-refractivity contribution in [3.05, 3.63) is 76.6 Å². The van der Waals surface area contributed by atoms with Crippen molar-refractivity contribution in [2.24, 2.45) is 0 Å². The Kier molecular flexibility index (Phi) is 4.95. The van der Waals surface area contributed by atoms with Gasteiger partial charge in [-0.1, -0.05) is 17.7 Å². The highest BCUT2D eigenvalue weighted by molar-refractivity contribution is 6.31. The van der Waals surface area contributed by atoms with Gasteiger partial charge in [-0.3, -0.25) is 4.79 Å². The van der Waals surface area contributed by atoms with Crippen LogP contribution in [0.2, 0.25) is 5.02 Å². The van der Waals surface area contributed by atoms with Gasteiger partial charge in [-0.2, -0.15) is 0 Å². The number of carbonyl (C=O) groups is 1. The summed E-state index contributed by atoms with van der Waals surface area (Å²) in [7, 11) is 0. The van der Waals surface area contributed by atoms with Gasteiger partial charge in [0, 0.05) is 33.3 Å². The molecule has 126 valence electrons. The fourth-order valence-electron chi connectivity index (χ4n) is 2.38. The molecule has 6 heteroatoms. The van der Waals surface area contributed by atoms with Crippen LogP contribution in [0.1, 0.15) is 21.7 Å². The number of rotatable bonds is 4. The molecule has 0 aliphatic carbocycles. The highest BCUT2D eigenvalue weighted by atomic mass is 35.5. The number of anilines is 3. The van der Waals surface area contributed by atoms with Gasteiger partial charge in [-0.25, -0.2) is 9.97 Å². The number of halogens is 1. The number of hydrogen-bond acceptors (Lipinski definition) is 4. The SMILES string of the molecule is Cc1cc(C)nc(Nc2ccc(NC(=O)c3cccc(Cl)c3)cc2)n1. The zero-order valence-electron chi connectivity index (χ0n) is 13.9. The van der Waals surface area contributed by atoms with Crippen LogP contribution in [0.3, 0.4) is 0 Å². The quantitative estimate of drug-likeness (QED) is 0.711. The van der Waals surface area contributed by atoms with Gasteiger partial charge >= 0.3 is 0 Å². The van der Waals surface area contributed by atoms with Gasteiger partial charge in [0.1, 0.15) is 0 Å². The molecule has 0 radical (unpaired) electrons. The first-order valence-corrected chi connectivity index (χ1v) is 8.14. The van der Waals surface area contributed by atoms with Gasteiger partial charge < -0.3 is 10.6 Å². The fourth-order valence-corrected chi connectivity index (χ4v) is 2.57. The molecule has 0 fully saturated rings. The summed E-state index contributed by atoms with van der Waals surface area (Å²) in [6.45, 7) is 3.85. The Labute approximate surface area is 151 Å². The standard InChI is InChI=1S/C19H17ClN4O/c1-12-10-13(2)22-19(21-12)24-17-8-6-16(7-9-17)23-18(25)14-4-3-5-15(20)11-14/h3-11H,1-2H3,(H,23,25)(H,21,22,24). The molecule has 0 aliphatic heterocycles. The van der Waals surface area contributed by atoms with E-state index >= 15 is 0 Å². The minimum Gasteiger partial charge on any atom is -0.324 e. The van der Waals surface area contributed by atoms with Crippen LogP contribution in [-0.2, 0) is 0 Å². The van der Waals surface area contributed by atoms with E-state index in [4.69, 9.17) is 11.6 Å². The van der Waals surface area contributed by atoms with E-state index in [1.165, 1.54) is 0 Å². The summed E-state index contributed by atoms with van der Waals surface area (Å²) in [4.78, 5) is 20.9. The van der Waals surface area contributed by atoms with Crippen LogP contribution in [0.5, 0.6) is 0 Å². The lowest BCUT2D eigenvalue weighted by molar-refractivity contribution is 0.102. The molecule has 1 aromatic heterocycles. The van der Waals surface area contributed by atoms with Gasteiger partial charge in [-0.05, 0) is 62.4 Å².